The Morgan fingerprint density at radius 1 is 1.65 bits per heavy atom. The summed E-state index contributed by atoms with van der Waals surface area (Å²) in [6.07, 6.45) is 3.57. The summed E-state index contributed by atoms with van der Waals surface area (Å²) in [4.78, 5) is 16.9. The molecule has 0 aliphatic carbocycles. The Hall–Kier alpha value is -0.740. The van der Waals surface area contributed by atoms with E-state index in [0.29, 0.717) is 12.2 Å². The van der Waals surface area contributed by atoms with Gasteiger partial charge in [0.05, 0.1) is 17.1 Å². The fraction of sp³-hybridized carbons (Fsp3) is 0.692. The number of aromatic nitrogens is 1. The molecule has 0 bridgehead atoms. The van der Waals surface area contributed by atoms with Crippen molar-refractivity contribution in [3.63, 3.8) is 0 Å². The second kappa shape index (κ2) is 5.27. The monoisotopic (exact) mass is 252 g/mol. The van der Waals surface area contributed by atoms with Gasteiger partial charge in [-0.2, -0.15) is 0 Å². The van der Waals surface area contributed by atoms with E-state index < -0.39 is 0 Å². The van der Waals surface area contributed by atoms with Gasteiger partial charge < -0.3 is 5.32 Å². The van der Waals surface area contributed by atoms with Crippen molar-refractivity contribution in [3.8, 4) is 0 Å². The van der Waals surface area contributed by atoms with Crippen LogP contribution in [-0.2, 0) is 11.2 Å². The summed E-state index contributed by atoms with van der Waals surface area (Å²) in [7, 11) is 0. The molecule has 1 aliphatic heterocycles. The van der Waals surface area contributed by atoms with Crippen LogP contribution in [0.4, 0.5) is 0 Å². The van der Waals surface area contributed by atoms with Crippen LogP contribution >= 0.6 is 11.3 Å². The largest absolute Gasteiger partial charge is 0.316 e. The number of hydrogen-bond donors (Lipinski definition) is 1. The molecule has 1 N–H and O–H groups in total. The van der Waals surface area contributed by atoms with Crippen LogP contribution < -0.4 is 5.32 Å². The van der Waals surface area contributed by atoms with Crippen molar-refractivity contribution in [1.29, 1.82) is 0 Å². The number of carbonyl (C=O) groups excluding carboxylic acids is 1. The minimum absolute atomic E-state index is 0.119. The van der Waals surface area contributed by atoms with E-state index in [1.54, 1.807) is 11.3 Å². The Morgan fingerprint density at radius 3 is 3.00 bits per heavy atom. The minimum atomic E-state index is -0.119. The lowest BCUT2D eigenvalue weighted by Gasteiger charge is -2.25. The molecule has 2 rings (SSSR count). The third-order valence-electron chi connectivity index (χ3n) is 3.57. The number of aryl methyl sites for hydroxylation is 1. The lowest BCUT2D eigenvalue weighted by atomic mass is 9.77. The molecule has 1 saturated heterocycles. The topological polar surface area (TPSA) is 42.0 Å². The zero-order valence-electron chi connectivity index (χ0n) is 10.6. The van der Waals surface area contributed by atoms with Crippen LogP contribution in [0.15, 0.2) is 5.38 Å². The van der Waals surface area contributed by atoms with Gasteiger partial charge in [0.1, 0.15) is 5.78 Å². The summed E-state index contributed by atoms with van der Waals surface area (Å²) in [6.45, 7) is 5.96. The predicted molar refractivity (Wildman–Crippen MR) is 70.4 cm³/mol. The molecule has 0 radical (unpaired) electrons. The molecule has 0 amide bonds. The summed E-state index contributed by atoms with van der Waals surface area (Å²) < 4.78 is 0. The van der Waals surface area contributed by atoms with Gasteiger partial charge in [0, 0.05) is 17.3 Å². The molecule has 1 atom stereocenters. The maximum Gasteiger partial charge on any atom is 0.146 e. The Morgan fingerprint density at radius 2 is 2.47 bits per heavy atom. The second-order valence-electron chi connectivity index (χ2n) is 4.91. The van der Waals surface area contributed by atoms with Crippen molar-refractivity contribution < 1.29 is 4.79 Å². The van der Waals surface area contributed by atoms with E-state index in [9.17, 15) is 4.79 Å². The number of thiazole rings is 1. The maximum absolute atomic E-state index is 12.5. The van der Waals surface area contributed by atoms with E-state index >= 15 is 0 Å². The SMILES string of the molecule is CCCC1(C(=O)Cc2csc(C)n2)CCNC1. The van der Waals surface area contributed by atoms with Gasteiger partial charge in [-0.05, 0) is 26.3 Å². The van der Waals surface area contributed by atoms with Crippen molar-refractivity contribution in [1.82, 2.24) is 10.3 Å². The van der Waals surface area contributed by atoms with E-state index in [1.165, 1.54) is 0 Å². The van der Waals surface area contributed by atoms with Gasteiger partial charge in [-0.15, -0.1) is 11.3 Å². The summed E-state index contributed by atoms with van der Waals surface area (Å²) in [6, 6.07) is 0. The number of ketones is 1. The Bertz CT molecular complexity index is 394. The minimum Gasteiger partial charge on any atom is -0.316 e. The highest BCUT2D eigenvalue weighted by Gasteiger charge is 2.39. The summed E-state index contributed by atoms with van der Waals surface area (Å²) in [5, 5.41) is 6.38. The first-order chi connectivity index (χ1) is 8.16. The molecule has 0 spiro atoms. The molecule has 0 saturated carbocycles. The highest BCUT2D eigenvalue weighted by Crippen LogP contribution is 2.33. The van der Waals surface area contributed by atoms with Gasteiger partial charge in [0.25, 0.3) is 0 Å². The van der Waals surface area contributed by atoms with E-state index in [2.05, 4.69) is 17.2 Å². The number of hydrogen-bond acceptors (Lipinski definition) is 4. The average Bonchev–Trinajstić information content (AvgIpc) is 2.89. The van der Waals surface area contributed by atoms with E-state index in [-0.39, 0.29) is 5.41 Å². The van der Waals surface area contributed by atoms with E-state index in [0.717, 1.165) is 43.1 Å². The molecule has 1 aromatic heterocycles. The van der Waals surface area contributed by atoms with Crippen LogP contribution in [0, 0.1) is 12.3 Å². The maximum atomic E-state index is 12.5. The summed E-state index contributed by atoms with van der Waals surface area (Å²) in [5.74, 6) is 0.370. The van der Waals surface area contributed by atoms with E-state index in [1.807, 2.05) is 12.3 Å². The van der Waals surface area contributed by atoms with Crippen molar-refractivity contribution in [3.05, 3.63) is 16.1 Å². The standard InChI is InChI=1S/C13H20N2OS/c1-3-4-13(5-6-14-9-13)12(16)7-11-8-17-10(2)15-11/h8,14H,3-7,9H2,1-2H3. The zero-order valence-corrected chi connectivity index (χ0v) is 11.4. The molecule has 2 heterocycles. The second-order valence-corrected chi connectivity index (χ2v) is 5.98. The number of carbonyl (C=O) groups is 1. The lowest BCUT2D eigenvalue weighted by molar-refractivity contribution is -0.127. The Labute approximate surface area is 107 Å². The Kier molecular flexibility index (Phi) is 3.94. The molecule has 0 aromatic carbocycles. The molecule has 3 nitrogen and oxygen atoms in total. The number of rotatable bonds is 5. The first-order valence-corrected chi connectivity index (χ1v) is 7.19. The third-order valence-corrected chi connectivity index (χ3v) is 4.39. The smallest absolute Gasteiger partial charge is 0.146 e. The molecule has 1 unspecified atom stereocenters. The van der Waals surface area contributed by atoms with Crippen LogP contribution in [-0.4, -0.2) is 23.9 Å². The normalized spacial score (nSPS) is 24.1. The van der Waals surface area contributed by atoms with Gasteiger partial charge in [-0.3, -0.25) is 4.79 Å². The van der Waals surface area contributed by atoms with Crippen molar-refractivity contribution in [2.45, 2.75) is 39.5 Å². The molecule has 1 aliphatic rings. The van der Waals surface area contributed by atoms with Crippen LogP contribution in [0.1, 0.15) is 36.9 Å². The number of nitrogens with zero attached hydrogens (tertiary/aromatic N) is 1. The third kappa shape index (κ3) is 2.75. The van der Waals surface area contributed by atoms with Gasteiger partial charge >= 0.3 is 0 Å². The molecular weight excluding hydrogens is 232 g/mol. The van der Waals surface area contributed by atoms with Gasteiger partial charge in [0.15, 0.2) is 0 Å². The lowest BCUT2D eigenvalue weighted by Crippen LogP contribution is -2.34. The zero-order chi connectivity index (χ0) is 12.3. The highest BCUT2D eigenvalue weighted by molar-refractivity contribution is 7.09. The van der Waals surface area contributed by atoms with Gasteiger partial charge in [-0.1, -0.05) is 13.3 Å². The molecule has 1 fully saturated rings. The van der Waals surface area contributed by atoms with Crippen LogP contribution in [0.25, 0.3) is 0 Å². The van der Waals surface area contributed by atoms with Crippen LogP contribution in [0.5, 0.6) is 0 Å². The molecule has 1 aromatic rings. The summed E-state index contributed by atoms with van der Waals surface area (Å²) in [5.41, 5.74) is 0.826. The van der Waals surface area contributed by atoms with Crippen LogP contribution in [0.2, 0.25) is 0 Å². The van der Waals surface area contributed by atoms with Gasteiger partial charge in [0.2, 0.25) is 0 Å². The quantitative estimate of drug-likeness (QED) is 0.874. The van der Waals surface area contributed by atoms with Crippen molar-refractivity contribution in [2.24, 2.45) is 5.41 Å². The first kappa shape index (κ1) is 12.7. The number of nitrogens with one attached hydrogen (secondary N) is 1. The first-order valence-electron chi connectivity index (χ1n) is 6.31. The van der Waals surface area contributed by atoms with Crippen LogP contribution in [0.3, 0.4) is 0 Å². The average molecular weight is 252 g/mol. The number of Topliss-reactive ketones (excluding diaryl/α,β-unsaturated/α-hetero) is 1. The predicted octanol–water partition coefficient (Wildman–Crippen LogP) is 2.34. The van der Waals surface area contributed by atoms with E-state index in [4.69, 9.17) is 0 Å². The van der Waals surface area contributed by atoms with Gasteiger partial charge in [-0.25, -0.2) is 4.98 Å². The van der Waals surface area contributed by atoms with Crippen molar-refractivity contribution in [2.75, 3.05) is 13.1 Å². The molecule has 17 heavy (non-hydrogen) atoms. The van der Waals surface area contributed by atoms with Crippen molar-refractivity contribution >= 4 is 17.1 Å². The summed E-state index contributed by atoms with van der Waals surface area (Å²) >= 11 is 1.62. The fourth-order valence-corrected chi connectivity index (χ4v) is 3.27. The molecule has 94 valence electrons. The molecular formula is C13H20N2OS. The Balaban J connectivity index is 2.06. The molecule has 4 heteroatoms. The highest BCUT2D eigenvalue weighted by atomic mass is 32.1. The fourth-order valence-electron chi connectivity index (χ4n) is 2.65.